The number of aromatic hydroxyl groups is 1. The fraction of sp³-hybridized carbons (Fsp3) is 0.231. The summed E-state index contributed by atoms with van der Waals surface area (Å²) in [6.45, 7) is 0. The van der Waals surface area contributed by atoms with Crippen LogP contribution in [0.4, 0.5) is 0 Å². The highest BCUT2D eigenvalue weighted by Gasteiger charge is 2.16. The predicted octanol–water partition coefficient (Wildman–Crippen LogP) is -0.0508. The summed E-state index contributed by atoms with van der Waals surface area (Å²) in [5.41, 5.74) is -0.735. The van der Waals surface area contributed by atoms with E-state index in [0.717, 1.165) is 9.13 Å². The minimum atomic E-state index is -0.649. The third kappa shape index (κ3) is 2.59. The summed E-state index contributed by atoms with van der Waals surface area (Å²) in [6.07, 6.45) is 4.09. The number of hydrogen-bond donors (Lipinski definition) is 1. The second kappa shape index (κ2) is 5.53. The van der Waals surface area contributed by atoms with Crippen molar-refractivity contribution in [1.29, 1.82) is 0 Å². The number of alkyl halides is 1. The lowest BCUT2D eigenvalue weighted by Gasteiger charge is -2.07. The molecule has 110 valence electrons. The Morgan fingerprint density at radius 2 is 2.05 bits per heavy atom. The first kappa shape index (κ1) is 15.0. The maximum absolute atomic E-state index is 12.0. The number of nitrogens with zero attached hydrogens (tertiary/aromatic N) is 3. The van der Waals surface area contributed by atoms with Crippen molar-refractivity contribution in [2.24, 2.45) is 19.1 Å². The zero-order valence-electron chi connectivity index (χ0n) is 11.3. The van der Waals surface area contributed by atoms with Gasteiger partial charge in [0.15, 0.2) is 5.78 Å². The Morgan fingerprint density at radius 1 is 1.38 bits per heavy atom. The summed E-state index contributed by atoms with van der Waals surface area (Å²) < 4.78 is 1.82. The number of allylic oxidation sites excluding steroid dienone is 2. The second-order valence-electron chi connectivity index (χ2n) is 4.43. The van der Waals surface area contributed by atoms with Crippen LogP contribution in [-0.4, -0.2) is 32.1 Å². The Kier molecular flexibility index (Phi) is 3.95. The fourth-order valence-corrected chi connectivity index (χ4v) is 1.97. The first-order valence-corrected chi connectivity index (χ1v) is 6.46. The second-order valence-corrected chi connectivity index (χ2v) is 4.69. The first-order chi connectivity index (χ1) is 9.86. The zero-order chi connectivity index (χ0) is 15.7. The average molecular weight is 310 g/mol. The summed E-state index contributed by atoms with van der Waals surface area (Å²) in [5, 5.41) is 9.91. The van der Waals surface area contributed by atoms with Gasteiger partial charge in [-0.2, -0.15) is 0 Å². The number of hydrogen-bond acceptors (Lipinski definition) is 5. The third-order valence-electron chi connectivity index (χ3n) is 3.06. The lowest BCUT2D eigenvalue weighted by atomic mass is 10.2. The zero-order valence-corrected chi connectivity index (χ0v) is 12.1. The van der Waals surface area contributed by atoms with Gasteiger partial charge >= 0.3 is 5.69 Å². The standard InChI is InChI=1S/C13H12ClN3O4/c1-16-11(19)9(12(20)17(2)13(16)21)4-8-3-7(6-15-8)10(18)5-14/h3-4,6,19H,5H2,1-2H3/b8-4+. The van der Waals surface area contributed by atoms with Gasteiger partial charge in [0.1, 0.15) is 5.56 Å². The summed E-state index contributed by atoms with van der Waals surface area (Å²) in [4.78, 5) is 39.0. The Bertz CT molecular complexity index is 827. The number of halogens is 1. The molecule has 0 radical (unpaired) electrons. The van der Waals surface area contributed by atoms with Crippen LogP contribution in [0, 0.1) is 0 Å². The van der Waals surface area contributed by atoms with E-state index in [1.165, 1.54) is 32.5 Å². The largest absolute Gasteiger partial charge is 0.494 e. The number of aromatic nitrogens is 2. The van der Waals surface area contributed by atoms with E-state index in [-0.39, 0.29) is 17.2 Å². The molecule has 0 atom stereocenters. The molecule has 2 rings (SSSR count). The van der Waals surface area contributed by atoms with Gasteiger partial charge in [0.25, 0.3) is 5.56 Å². The molecule has 8 heteroatoms. The van der Waals surface area contributed by atoms with Crippen LogP contribution >= 0.6 is 11.6 Å². The summed E-state index contributed by atoms with van der Waals surface area (Å²) in [7, 11) is 2.65. The van der Waals surface area contributed by atoms with Gasteiger partial charge < -0.3 is 5.11 Å². The molecule has 1 N–H and O–H groups in total. The van der Waals surface area contributed by atoms with Gasteiger partial charge in [-0.1, -0.05) is 0 Å². The topological polar surface area (TPSA) is 93.7 Å². The molecule has 0 spiro atoms. The third-order valence-corrected chi connectivity index (χ3v) is 3.30. The predicted molar refractivity (Wildman–Crippen MR) is 78.9 cm³/mol. The SMILES string of the molecule is Cn1c(O)c(/C=C2\C=C(C(=O)CCl)C=N2)c(=O)n(C)c1=O. The molecule has 2 heterocycles. The normalized spacial score (nSPS) is 15.6. The Morgan fingerprint density at radius 3 is 2.67 bits per heavy atom. The van der Waals surface area contributed by atoms with E-state index in [2.05, 4.69) is 4.99 Å². The van der Waals surface area contributed by atoms with E-state index >= 15 is 0 Å². The van der Waals surface area contributed by atoms with E-state index in [1.807, 2.05) is 0 Å². The van der Waals surface area contributed by atoms with Crippen molar-refractivity contribution in [3.63, 3.8) is 0 Å². The minimum absolute atomic E-state index is 0.0810. The molecule has 0 bridgehead atoms. The monoisotopic (exact) mass is 309 g/mol. The van der Waals surface area contributed by atoms with Gasteiger partial charge in [-0.25, -0.2) is 4.79 Å². The number of aliphatic imine (C=N–C) groups is 1. The van der Waals surface area contributed by atoms with Crippen LogP contribution in [-0.2, 0) is 18.9 Å². The molecule has 0 aromatic carbocycles. The molecular weight excluding hydrogens is 298 g/mol. The van der Waals surface area contributed by atoms with E-state index in [0.29, 0.717) is 11.3 Å². The molecule has 21 heavy (non-hydrogen) atoms. The smallest absolute Gasteiger partial charge is 0.333 e. The van der Waals surface area contributed by atoms with Crippen molar-refractivity contribution >= 4 is 29.7 Å². The number of Topliss-reactive ketones (excluding diaryl/α,β-unsaturated/α-hetero) is 1. The summed E-state index contributed by atoms with van der Waals surface area (Å²) in [5.74, 6) is -0.921. The molecule has 1 aliphatic rings. The van der Waals surface area contributed by atoms with Crippen molar-refractivity contribution in [2.45, 2.75) is 0 Å². The Labute approximate surface area is 124 Å². The van der Waals surface area contributed by atoms with Crippen LogP contribution in [0.3, 0.4) is 0 Å². The van der Waals surface area contributed by atoms with E-state index in [1.54, 1.807) is 0 Å². The van der Waals surface area contributed by atoms with Crippen LogP contribution in [0.25, 0.3) is 6.08 Å². The molecule has 0 unspecified atom stereocenters. The fourth-order valence-electron chi connectivity index (χ4n) is 1.82. The van der Waals surface area contributed by atoms with Crippen LogP contribution in [0.5, 0.6) is 5.88 Å². The van der Waals surface area contributed by atoms with Crippen molar-refractivity contribution in [3.8, 4) is 5.88 Å². The first-order valence-electron chi connectivity index (χ1n) is 5.92. The molecular formula is C13H12ClN3O4. The molecule has 1 aromatic rings. The molecule has 1 aromatic heterocycles. The maximum Gasteiger partial charge on any atom is 0.333 e. The van der Waals surface area contributed by atoms with E-state index < -0.39 is 17.1 Å². The van der Waals surface area contributed by atoms with E-state index in [4.69, 9.17) is 11.6 Å². The lowest BCUT2D eigenvalue weighted by Crippen LogP contribution is -2.37. The molecule has 7 nitrogen and oxygen atoms in total. The van der Waals surface area contributed by atoms with Crippen LogP contribution in [0.1, 0.15) is 5.56 Å². The minimum Gasteiger partial charge on any atom is -0.494 e. The van der Waals surface area contributed by atoms with Gasteiger partial charge in [-0.15, -0.1) is 11.6 Å². The highest BCUT2D eigenvalue weighted by atomic mass is 35.5. The van der Waals surface area contributed by atoms with Crippen molar-refractivity contribution in [2.75, 3.05) is 5.88 Å². The number of carbonyl (C=O) groups is 1. The van der Waals surface area contributed by atoms with Crippen molar-refractivity contribution in [1.82, 2.24) is 9.13 Å². The highest BCUT2D eigenvalue weighted by molar-refractivity contribution is 6.34. The van der Waals surface area contributed by atoms with Gasteiger partial charge in [0.2, 0.25) is 5.88 Å². The van der Waals surface area contributed by atoms with Gasteiger partial charge in [0.05, 0.1) is 11.6 Å². The van der Waals surface area contributed by atoms with Crippen LogP contribution in [0.15, 0.2) is 31.9 Å². The van der Waals surface area contributed by atoms with Crippen molar-refractivity contribution < 1.29 is 9.90 Å². The summed E-state index contributed by atoms with van der Waals surface area (Å²) in [6, 6.07) is 0. The molecule has 0 saturated heterocycles. The molecule has 0 aliphatic carbocycles. The molecule has 0 saturated carbocycles. The molecule has 1 aliphatic heterocycles. The number of rotatable bonds is 3. The Balaban J connectivity index is 2.57. The number of carbonyl (C=O) groups excluding carboxylic acids is 1. The summed E-state index contributed by atoms with van der Waals surface area (Å²) >= 11 is 5.45. The van der Waals surface area contributed by atoms with E-state index in [9.17, 15) is 19.5 Å². The van der Waals surface area contributed by atoms with Crippen LogP contribution < -0.4 is 11.2 Å². The molecule has 0 amide bonds. The number of ketones is 1. The average Bonchev–Trinajstić information content (AvgIpc) is 2.95. The quantitative estimate of drug-likeness (QED) is 0.792. The maximum atomic E-state index is 12.0. The van der Waals surface area contributed by atoms with Gasteiger partial charge in [-0.05, 0) is 12.2 Å². The van der Waals surface area contributed by atoms with Crippen LogP contribution in [0.2, 0.25) is 0 Å². The Hall–Kier alpha value is -2.41. The van der Waals surface area contributed by atoms with Crippen molar-refractivity contribution in [3.05, 3.63) is 43.7 Å². The molecule has 0 fully saturated rings. The van der Waals surface area contributed by atoms with Gasteiger partial charge in [-0.3, -0.25) is 23.7 Å². The highest BCUT2D eigenvalue weighted by Crippen LogP contribution is 2.18. The lowest BCUT2D eigenvalue weighted by molar-refractivity contribution is -0.112. The van der Waals surface area contributed by atoms with Gasteiger partial charge in [0, 0.05) is 25.9 Å².